The van der Waals surface area contributed by atoms with Gasteiger partial charge in [0.2, 0.25) is 5.91 Å². The average Bonchev–Trinajstić information content (AvgIpc) is 2.53. The lowest BCUT2D eigenvalue weighted by Gasteiger charge is -2.33. The SMILES string of the molecule is CC(O)C1CCCN(C(=O)/C=C/c2cccc(C#N)c2)C1. The zero-order chi connectivity index (χ0) is 15.2. The summed E-state index contributed by atoms with van der Waals surface area (Å²) >= 11 is 0. The van der Waals surface area contributed by atoms with E-state index in [1.54, 1.807) is 42.2 Å². The van der Waals surface area contributed by atoms with E-state index in [-0.39, 0.29) is 17.9 Å². The number of rotatable bonds is 3. The van der Waals surface area contributed by atoms with Crippen molar-refractivity contribution in [2.45, 2.75) is 25.9 Å². The highest BCUT2D eigenvalue weighted by Crippen LogP contribution is 2.20. The Balaban J connectivity index is 2.00. The van der Waals surface area contributed by atoms with E-state index in [4.69, 9.17) is 5.26 Å². The molecule has 2 unspecified atom stereocenters. The Labute approximate surface area is 125 Å². The van der Waals surface area contributed by atoms with E-state index in [1.807, 2.05) is 6.07 Å². The van der Waals surface area contributed by atoms with Crippen molar-refractivity contribution < 1.29 is 9.90 Å². The van der Waals surface area contributed by atoms with Crippen LogP contribution < -0.4 is 0 Å². The van der Waals surface area contributed by atoms with E-state index < -0.39 is 0 Å². The molecule has 1 aliphatic rings. The third kappa shape index (κ3) is 4.17. The Hall–Kier alpha value is -2.12. The van der Waals surface area contributed by atoms with Crippen LogP contribution >= 0.6 is 0 Å². The molecule has 1 heterocycles. The van der Waals surface area contributed by atoms with Gasteiger partial charge in [0.1, 0.15) is 0 Å². The quantitative estimate of drug-likeness (QED) is 0.865. The van der Waals surface area contributed by atoms with Crippen LogP contribution in [0, 0.1) is 17.2 Å². The zero-order valence-electron chi connectivity index (χ0n) is 12.2. The van der Waals surface area contributed by atoms with E-state index in [2.05, 4.69) is 6.07 Å². The second-order valence-electron chi connectivity index (χ2n) is 5.50. The van der Waals surface area contributed by atoms with Gasteiger partial charge in [0, 0.05) is 25.1 Å². The first kappa shape index (κ1) is 15.3. The smallest absolute Gasteiger partial charge is 0.246 e. The number of piperidine rings is 1. The molecular weight excluding hydrogens is 264 g/mol. The molecule has 4 nitrogen and oxygen atoms in total. The van der Waals surface area contributed by atoms with Crippen LogP contribution in [0.15, 0.2) is 30.3 Å². The number of hydrogen-bond donors (Lipinski definition) is 1. The molecule has 21 heavy (non-hydrogen) atoms. The fourth-order valence-electron chi connectivity index (χ4n) is 2.59. The number of benzene rings is 1. The van der Waals surface area contributed by atoms with Crippen molar-refractivity contribution in [3.8, 4) is 6.07 Å². The Bertz CT molecular complexity index is 572. The molecule has 0 aromatic heterocycles. The first-order valence-electron chi connectivity index (χ1n) is 7.25. The van der Waals surface area contributed by atoms with Crippen LogP contribution in [0.5, 0.6) is 0 Å². The predicted molar refractivity (Wildman–Crippen MR) is 81.2 cm³/mol. The predicted octanol–water partition coefficient (Wildman–Crippen LogP) is 2.19. The summed E-state index contributed by atoms with van der Waals surface area (Å²) < 4.78 is 0. The monoisotopic (exact) mass is 284 g/mol. The molecule has 2 rings (SSSR count). The van der Waals surface area contributed by atoms with Gasteiger partial charge in [0.05, 0.1) is 17.7 Å². The minimum absolute atomic E-state index is 0.0392. The third-order valence-electron chi connectivity index (χ3n) is 3.89. The minimum Gasteiger partial charge on any atom is -0.393 e. The highest BCUT2D eigenvalue weighted by molar-refractivity contribution is 5.91. The summed E-state index contributed by atoms with van der Waals surface area (Å²) in [5.74, 6) is 0.126. The Morgan fingerprint density at radius 3 is 3.10 bits per heavy atom. The van der Waals surface area contributed by atoms with Crippen molar-refractivity contribution in [1.29, 1.82) is 5.26 Å². The molecule has 1 saturated heterocycles. The molecule has 1 aromatic rings. The maximum absolute atomic E-state index is 12.2. The van der Waals surface area contributed by atoms with Crippen molar-refractivity contribution in [3.05, 3.63) is 41.5 Å². The zero-order valence-corrected chi connectivity index (χ0v) is 12.2. The lowest BCUT2D eigenvalue weighted by Crippen LogP contribution is -2.42. The van der Waals surface area contributed by atoms with Crippen LogP contribution in [0.3, 0.4) is 0 Å². The van der Waals surface area contributed by atoms with Crippen LogP contribution in [0.2, 0.25) is 0 Å². The maximum atomic E-state index is 12.2. The second-order valence-corrected chi connectivity index (χ2v) is 5.50. The van der Waals surface area contributed by atoms with Crippen molar-refractivity contribution in [2.24, 2.45) is 5.92 Å². The summed E-state index contributed by atoms with van der Waals surface area (Å²) in [4.78, 5) is 14.0. The highest BCUT2D eigenvalue weighted by Gasteiger charge is 2.25. The van der Waals surface area contributed by atoms with E-state index in [9.17, 15) is 9.90 Å². The summed E-state index contributed by atoms with van der Waals surface area (Å²) in [7, 11) is 0. The summed E-state index contributed by atoms with van der Waals surface area (Å²) in [6.07, 6.45) is 4.79. The number of nitrogens with zero attached hydrogens (tertiary/aromatic N) is 2. The van der Waals surface area contributed by atoms with Crippen LogP contribution in [0.1, 0.15) is 30.9 Å². The topological polar surface area (TPSA) is 64.3 Å². The van der Waals surface area contributed by atoms with Crippen LogP contribution in [-0.4, -0.2) is 35.1 Å². The summed E-state index contributed by atoms with van der Waals surface area (Å²) in [5, 5.41) is 18.5. The second kappa shape index (κ2) is 7.05. The molecule has 0 radical (unpaired) electrons. The highest BCUT2D eigenvalue weighted by atomic mass is 16.3. The summed E-state index contributed by atoms with van der Waals surface area (Å²) in [5.41, 5.74) is 1.42. The molecule has 2 atom stereocenters. The van der Waals surface area contributed by atoms with Crippen molar-refractivity contribution in [1.82, 2.24) is 4.90 Å². The molecule has 4 heteroatoms. The van der Waals surface area contributed by atoms with E-state index >= 15 is 0 Å². The van der Waals surface area contributed by atoms with Gasteiger partial charge in [-0.3, -0.25) is 4.79 Å². The third-order valence-corrected chi connectivity index (χ3v) is 3.89. The molecule has 0 saturated carbocycles. The van der Waals surface area contributed by atoms with Crippen LogP contribution in [-0.2, 0) is 4.79 Å². The number of aliphatic hydroxyl groups excluding tert-OH is 1. The van der Waals surface area contributed by atoms with Gasteiger partial charge >= 0.3 is 0 Å². The van der Waals surface area contributed by atoms with E-state index in [1.165, 1.54) is 0 Å². The van der Waals surface area contributed by atoms with Crippen LogP contribution in [0.25, 0.3) is 6.08 Å². The number of hydrogen-bond acceptors (Lipinski definition) is 3. The molecule has 1 aromatic carbocycles. The summed E-state index contributed by atoms with van der Waals surface area (Å²) in [6, 6.07) is 9.22. The standard InChI is InChI=1S/C17H20N2O2/c1-13(20)16-6-3-9-19(12-16)17(21)8-7-14-4-2-5-15(10-14)11-18/h2,4-5,7-8,10,13,16,20H,3,6,9,12H2,1H3/b8-7+. The van der Waals surface area contributed by atoms with Gasteiger partial charge in [0.25, 0.3) is 0 Å². The summed E-state index contributed by atoms with van der Waals surface area (Å²) in [6.45, 7) is 3.13. The number of nitriles is 1. The number of amides is 1. The molecule has 1 fully saturated rings. The fourth-order valence-corrected chi connectivity index (χ4v) is 2.59. The van der Waals surface area contributed by atoms with Crippen molar-refractivity contribution >= 4 is 12.0 Å². The Morgan fingerprint density at radius 2 is 2.38 bits per heavy atom. The number of carbonyl (C=O) groups excluding carboxylic acids is 1. The van der Waals surface area contributed by atoms with Crippen molar-refractivity contribution in [2.75, 3.05) is 13.1 Å². The van der Waals surface area contributed by atoms with E-state index in [0.29, 0.717) is 12.1 Å². The van der Waals surface area contributed by atoms with Crippen LogP contribution in [0.4, 0.5) is 0 Å². The molecule has 1 aliphatic heterocycles. The molecular formula is C17H20N2O2. The van der Waals surface area contributed by atoms with Gasteiger partial charge in [-0.15, -0.1) is 0 Å². The van der Waals surface area contributed by atoms with Gasteiger partial charge in [-0.25, -0.2) is 0 Å². The molecule has 0 spiro atoms. The van der Waals surface area contributed by atoms with Crippen molar-refractivity contribution in [3.63, 3.8) is 0 Å². The van der Waals surface area contributed by atoms with Gasteiger partial charge in [0.15, 0.2) is 0 Å². The lowest BCUT2D eigenvalue weighted by atomic mass is 9.93. The normalized spacial score (nSPS) is 20.2. The Kier molecular flexibility index (Phi) is 5.13. The molecule has 1 amide bonds. The maximum Gasteiger partial charge on any atom is 0.246 e. The largest absolute Gasteiger partial charge is 0.393 e. The first-order valence-corrected chi connectivity index (χ1v) is 7.25. The molecule has 110 valence electrons. The molecule has 0 aliphatic carbocycles. The minimum atomic E-state index is -0.378. The Morgan fingerprint density at radius 1 is 1.57 bits per heavy atom. The number of carbonyl (C=O) groups is 1. The average molecular weight is 284 g/mol. The molecule has 1 N–H and O–H groups in total. The first-order chi connectivity index (χ1) is 10.1. The number of likely N-dealkylation sites (tertiary alicyclic amines) is 1. The van der Waals surface area contributed by atoms with E-state index in [0.717, 1.165) is 24.9 Å². The number of aliphatic hydroxyl groups is 1. The van der Waals surface area contributed by atoms with Gasteiger partial charge < -0.3 is 10.0 Å². The fraction of sp³-hybridized carbons (Fsp3) is 0.412. The molecule has 0 bridgehead atoms. The lowest BCUT2D eigenvalue weighted by molar-refractivity contribution is -0.128. The van der Waals surface area contributed by atoms with Gasteiger partial charge in [-0.05, 0) is 43.5 Å². The van der Waals surface area contributed by atoms with Gasteiger partial charge in [-0.1, -0.05) is 12.1 Å². The van der Waals surface area contributed by atoms with Gasteiger partial charge in [-0.2, -0.15) is 5.26 Å².